The minimum Gasteiger partial charge on any atom is -0.396 e. The van der Waals surface area contributed by atoms with Crippen LogP contribution in [0.4, 0.5) is 4.79 Å². The molecule has 2 amide bonds. The normalized spacial score (nSPS) is 13.5. The fourth-order valence-electron chi connectivity index (χ4n) is 2.27. The van der Waals surface area contributed by atoms with Crippen molar-refractivity contribution in [3.8, 4) is 0 Å². The van der Waals surface area contributed by atoms with E-state index in [1.165, 1.54) is 0 Å². The molecule has 1 atom stereocenters. The molecule has 0 radical (unpaired) electrons. The Morgan fingerprint density at radius 2 is 1.94 bits per heavy atom. The highest BCUT2D eigenvalue weighted by atomic mass is 16.3. The summed E-state index contributed by atoms with van der Waals surface area (Å²) in [6.07, 6.45) is 2.53. The van der Waals surface area contributed by atoms with Crippen LogP contribution in [0.3, 0.4) is 0 Å². The van der Waals surface area contributed by atoms with E-state index in [0.29, 0.717) is 18.9 Å². The fourth-order valence-corrected chi connectivity index (χ4v) is 2.27. The zero-order chi connectivity index (χ0) is 14.2. The van der Waals surface area contributed by atoms with Gasteiger partial charge < -0.3 is 15.7 Å². The van der Waals surface area contributed by atoms with Gasteiger partial charge in [0.1, 0.15) is 0 Å². The Balaban J connectivity index is 4.01. The first-order chi connectivity index (χ1) is 8.30. The van der Waals surface area contributed by atoms with Crippen LogP contribution in [-0.2, 0) is 0 Å². The van der Waals surface area contributed by atoms with E-state index < -0.39 is 0 Å². The van der Waals surface area contributed by atoms with Crippen LogP contribution in [0.25, 0.3) is 0 Å². The Hall–Kier alpha value is -0.770. The third-order valence-electron chi connectivity index (χ3n) is 2.99. The molecule has 0 heterocycles. The van der Waals surface area contributed by atoms with Gasteiger partial charge in [0.25, 0.3) is 0 Å². The fraction of sp³-hybridized carbons (Fsp3) is 0.929. The number of hydrogen-bond acceptors (Lipinski definition) is 2. The maximum atomic E-state index is 11.7. The quantitative estimate of drug-likeness (QED) is 0.626. The molecule has 3 N–H and O–H groups in total. The van der Waals surface area contributed by atoms with Crippen LogP contribution in [0.1, 0.15) is 53.9 Å². The van der Waals surface area contributed by atoms with Crippen molar-refractivity contribution in [3.05, 3.63) is 0 Å². The predicted octanol–water partition coefficient (Wildman–Crippen LogP) is 2.52. The van der Waals surface area contributed by atoms with Crippen molar-refractivity contribution in [1.82, 2.24) is 10.6 Å². The lowest BCUT2D eigenvalue weighted by molar-refractivity contribution is 0.217. The SMILES string of the molecule is CCC(CCO)NC(=O)NCC(C)(C)CC(C)C. The van der Waals surface area contributed by atoms with Crippen molar-refractivity contribution in [2.45, 2.75) is 59.9 Å². The highest BCUT2D eigenvalue weighted by Crippen LogP contribution is 2.23. The molecule has 0 aliphatic heterocycles. The molecule has 108 valence electrons. The number of rotatable bonds is 8. The standard InChI is InChI=1S/C14H30N2O2/c1-6-12(7-8-17)16-13(18)15-10-14(4,5)9-11(2)3/h11-12,17H,6-10H2,1-5H3,(H2,15,16,18). The number of carbonyl (C=O) groups excluding carboxylic acids is 1. The molecule has 0 spiro atoms. The molecule has 0 saturated heterocycles. The number of nitrogens with one attached hydrogen (secondary N) is 2. The van der Waals surface area contributed by atoms with Crippen molar-refractivity contribution in [1.29, 1.82) is 0 Å². The highest BCUT2D eigenvalue weighted by molar-refractivity contribution is 5.74. The summed E-state index contributed by atoms with van der Waals surface area (Å²) < 4.78 is 0. The summed E-state index contributed by atoms with van der Waals surface area (Å²) in [7, 11) is 0. The van der Waals surface area contributed by atoms with Gasteiger partial charge in [-0.25, -0.2) is 4.79 Å². The molecule has 0 saturated carbocycles. The molecule has 0 bridgehead atoms. The van der Waals surface area contributed by atoms with Crippen LogP contribution in [-0.4, -0.2) is 30.3 Å². The maximum Gasteiger partial charge on any atom is 0.315 e. The average Bonchev–Trinajstić information content (AvgIpc) is 2.24. The molecular formula is C14H30N2O2. The van der Waals surface area contributed by atoms with Crippen molar-refractivity contribution < 1.29 is 9.90 Å². The van der Waals surface area contributed by atoms with Crippen LogP contribution in [0.15, 0.2) is 0 Å². The summed E-state index contributed by atoms with van der Waals surface area (Å²) in [6, 6.07) is -0.0738. The largest absolute Gasteiger partial charge is 0.396 e. The van der Waals surface area contributed by atoms with E-state index >= 15 is 0 Å². The topological polar surface area (TPSA) is 61.4 Å². The van der Waals surface area contributed by atoms with E-state index in [0.717, 1.165) is 12.8 Å². The Morgan fingerprint density at radius 1 is 1.33 bits per heavy atom. The predicted molar refractivity (Wildman–Crippen MR) is 75.6 cm³/mol. The Labute approximate surface area is 112 Å². The van der Waals surface area contributed by atoms with Gasteiger partial charge in [-0.05, 0) is 30.6 Å². The van der Waals surface area contributed by atoms with Gasteiger partial charge >= 0.3 is 6.03 Å². The number of aliphatic hydroxyl groups excluding tert-OH is 1. The molecule has 18 heavy (non-hydrogen) atoms. The zero-order valence-electron chi connectivity index (χ0n) is 12.5. The smallest absolute Gasteiger partial charge is 0.315 e. The summed E-state index contributed by atoms with van der Waals surface area (Å²) in [4.78, 5) is 11.7. The second-order valence-corrected chi connectivity index (χ2v) is 6.21. The number of urea groups is 1. The Morgan fingerprint density at radius 3 is 2.39 bits per heavy atom. The van der Waals surface area contributed by atoms with Gasteiger partial charge in [0.15, 0.2) is 0 Å². The van der Waals surface area contributed by atoms with Crippen LogP contribution < -0.4 is 10.6 Å². The molecule has 0 aromatic rings. The third kappa shape index (κ3) is 8.34. The first-order valence-electron chi connectivity index (χ1n) is 6.96. The van der Waals surface area contributed by atoms with E-state index in [1.54, 1.807) is 0 Å². The van der Waals surface area contributed by atoms with E-state index in [-0.39, 0.29) is 24.1 Å². The van der Waals surface area contributed by atoms with E-state index in [2.05, 4.69) is 38.3 Å². The highest BCUT2D eigenvalue weighted by Gasteiger charge is 2.20. The molecular weight excluding hydrogens is 228 g/mol. The Kier molecular flexibility index (Phi) is 8.00. The van der Waals surface area contributed by atoms with Gasteiger partial charge in [-0.15, -0.1) is 0 Å². The third-order valence-corrected chi connectivity index (χ3v) is 2.99. The van der Waals surface area contributed by atoms with Crippen LogP contribution in [0.5, 0.6) is 0 Å². The number of hydrogen-bond donors (Lipinski definition) is 3. The lowest BCUT2D eigenvalue weighted by Crippen LogP contribution is -2.45. The molecule has 0 aliphatic rings. The first kappa shape index (κ1) is 17.2. The second kappa shape index (κ2) is 8.35. The Bertz CT molecular complexity index is 240. The summed E-state index contributed by atoms with van der Waals surface area (Å²) >= 11 is 0. The lowest BCUT2D eigenvalue weighted by atomic mass is 9.84. The summed E-state index contributed by atoms with van der Waals surface area (Å²) in [5, 5.41) is 14.7. The van der Waals surface area contributed by atoms with Crippen molar-refractivity contribution >= 4 is 6.03 Å². The zero-order valence-corrected chi connectivity index (χ0v) is 12.5. The van der Waals surface area contributed by atoms with Gasteiger partial charge in [-0.1, -0.05) is 34.6 Å². The van der Waals surface area contributed by atoms with E-state index in [4.69, 9.17) is 5.11 Å². The molecule has 0 aromatic carbocycles. The summed E-state index contributed by atoms with van der Waals surface area (Å²) in [6.45, 7) is 11.5. The molecule has 0 fully saturated rings. The molecule has 0 aliphatic carbocycles. The minimum atomic E-state index is -0.132. The van der Waals surface area contributed by atoms with Gasteiger partial charge in [-0.3, -0.25) is 0 Å². The molecule has 1 unspecified atom stereocenters. The average molecular weight is 258 g/mol. The monoisotopic (exact) mass is 258 g/mol. The molecule has 0 rings (SSSR count). The van der Waals surface area contributed by atoms with Gasteiger partial charge in [0.05, 0.1) is 0 Å². The van der Waals surface area contributed by atoms with E-state index in [9.17, 15) is 4.79 Å². The maximum absolute atomic E-state index is 11.7. The minimum absolute atomic E-state index is 0.0585. The van der Waals surface area contributed by atoms with Crippen molar-refractivity contribution in [2.75, 3.05) is 13.2 Å². The first-order valence-corrected chi connectivity index (χ1v) is 6.96. The number of amides is 2. The molecule has 0 aromatic heterocycles. The van der Waals surface area contributed by atoms with Crippen LogP contribution >= 0.6 is 0 Å². The van der Waals surface area contributed by atoms with Crippen molar-refractivity contribution in [2.24, 2.45) is 11.3 Å². The van der Waals surface area contributed by atoms with Crippen molar-refractivity contribution in [3.63, 3.8) is 0 Å². The van der Waals surface area contributed by atoms with Crippen LogP contribution in [0, 0.1) is 11.3 Å². The lowest BCUT2D eigenvalue weighted by Gasteiger charge is -2.27. The number of aliphatic hydroxyl groups is 1. The van der Waals surface area contributed by atoms with Gasteiger partial charge in [-0.2, -0.15) is 0 Å². The van der Waals surface area contributed by atoms with E-state index in [1.807, 2.05) is 6.92 Å². The van der Waals surface area contributed by atoms with Crippen LogP contribution in [0.2, 0.25) is 0 Å². The summed E-state index contributed by atoms with van der Waals surface area (Å²) in [5.74, 6) is 0.627. The van der Waals surface area contributed by atoms with Gasteiger partial charge in [0.2, 0.25) is 0 Å². The number of carbonyl (C=O) groups is 1. The molecule has 4 heteroatoms. The molecule has 4 nitrogen and oxygen atoms in total. The second-order valence-electron chi connectivity index (χ2n) is 6.21. The van der Waals surface area contributed by atoms with Gasteiger partial charge in [0, 0.05) is 19.2 Å². The summed E-state index contributed by atoms with van der Waals surface area (Å²) in [5.41, 5.74) is 0.115.